The molecule has 0 spiro atoms. The third-order valence-corrected chi connectivity index (χ3v) is 6.27. The van der Waals surface area contributed by atoms with Gasteiger partial charge in [-0.05, 0) is 72.7 Å². The number of carbonyl (C=O) groups is 1. The van der Waals surface area contributed by atoms with Crippen LogP contribution in [0.4, 0.5) is 11.4 Å². The number of allylic oxidation sites excluding steroid dienone is 3. The fraction of sp³-hybridized carbons (Fsp3) is 0.103. The van der Waals surface area contributed by atoms with Crippen molar-refractivity contribution >= 4 is 42.5 Å². The monoisotopic (exact) mass is 528 g/mol. The third kappa shape index (κ3) is 9.01. The van der Waals surface area contributed by atoms with Gasteiger partial charge in [-0.2, -0.15) is 10.2 Å². The molecule has 3 aromatic rings. The van der Waals surface area contributed by atoms with Crippen molar-refractivity contribution in [2.75, 3.05) is 11.9 Å². The highest BCUT2D eigenvalue weighted by atomic mass is 31.2. The average molecular weight is 529 g/mol. The van der Waals surface area contributed by atoms with E-state index in [1.54, 1.807) is 72.8 Å². The molecular weight excluding hydrogens is 499 g/mol. The van der Waals surface area contributed by atoms with Crippen molar-refractivity contribution in [1.29, 1.82) is 0 Å². The van der Waals surface area contributed by atoms with Crippen molar-refractivity contribution < 1.29 is 19.1 Å². The van der Waals surface area contributed by atoms with E-state index in [0.29, 0.717) is 17.9 Å². The number of anilines is 1. The van der Waals surface area contributed by atoms with E-state index in [1.807, 2.05) is 43.3 Å². The molecule has 194 valence electrons. The molecule has 0 saturated heterocycles. The van der Waals surface area contributed by atoms with Gasteiger partial charge in [-0.1, -0.05) is 48.5 Å². The van der Waals surface area contributed by atoms with Crippen LogP contribution in [0.3, 0.4) is 0 Å². The van der Waals surface area contributed by atoms with Crippen LogP contribution in [0.15, 0.2) is 124 Å². The zero-order valence-corrected chi connectivity index (χ0v) is 22.0. The summed E-state index contributed by atoms with van der Waals surface area (Å²) in [7, 11) is -2.53. The largest absolute Gasteiger partial charge is 0.356 e. The van der Waals surface area contributed by atoms with E-state index < -0.39 is 7.60 Å². The van der Waals surface area contributed by atoms with Gasteiger partial charge in [0.05, 0.1) is 23.2 Å². The van der Waals surface area contributed by atoms with E-state index in [4.69, 9.17) is 0 Å². The van der Waals surface area contributed by atoms with Gasteiger partial charge >= 0.3 is 7.60 Å². The summed E-state index contributed by atoms with van der Waals surface area (Å²) in [5.74, 6) is -0.140. The van der Waals surface area contributed by atoms with Crippen LogP contribution < -0.4 is 10.2 Å². The summed E-state index contributed by atoms with van der Waals surface area (Å²) in [6.07, 6.45) is 10.3. The lowest BCUT2D eigenvalue weighted by molar-refractivity contribution is -0.113. The van der Waals surface area contributed by atoms with E-state index in [0.717, 1.165) is 16.8 Å². The average Bonchev–Trinajstić information content (AvgIpc) is 2.93. The molecular formula is C29H29N4O4P. The fourth-order valence-electron chi connectivity index (χ4n) is 3.20. The Labute approximate surface area is 222 Å². The standard InChI is InChI=1S/C29H29N4O4P/c1-3-7-25(20-21-30-22-24-10-17-28(18-11-24)38(35,36)37)31-32-26-13-15-27(16-14-26)33(2)29(34)19-12-23-8-5-4-6-9-23/h3-21H,22H2,1-2H3,(H2,35,36,37)/b7-3-,19-12+,25-20+,30-21+,32-31+. The molecule has 0 bridgehead atoms. The van der Waals surface area contributed by atoms with Crippen molar-refractivity contribution in [2.24, 2.45) is 15.2 Å². The van der Waals surface area contributed by atoms with Crippen LogP contribution in [0.1, 0.15) is 18.1 Å². The number of amides is 1. The second-order valence-corrected chi connectivity index (χ2v) is 9.75. The Bertz CT molecular complexity index is 1410. The lowest BCUT2D eigenvalue weighted by Crippen LogP contribution is -2.23. The maximum Gasteiger partial charge on any atom is 0.356 e. The van der Waals surface area contributed by atoms with Crippen molar-refractivity contribution in [1.82, 2.24) is 0 Å². The summed E-state index contributed by atoms with van der Waals surface area (Å²) < 4.78 is 11.3. The molecule has 0 radical (unpaired) electrons. The van der Waals surface area contributed by atoms with Gasteiger partial charge in [-0.3, -0.25) is 14.4 Å². The number of likely N-dealkylation sites (N-methyl/N-ethyl adjacent to an activating group) is 1. The minimum atomic E-state index is -4.25. The summed E-state index contributed by atoms with van der Waals surface area (Å²) in [4.78, 5) is 36.7. The van der Waals surface area contributed by atoms with Crippen LogP contribution in [-0.2, 0) is 15.9 Å². The molecule has 0 atom stereocenters. The molecule has 0 aliphatic carbocycles. The lowest BCUT2D eigenvalue weighted by atomic mass is 10.2. The molecule has 0 aliphatic rings. The summed E-state index contributed by atoms with van der Waals surface area (Å²) in [5, 5.41) is 8.52. The van der Waals surface area contributed by atoms with Gasteiger partial charge < -0.3 is 14.7 Å². The predicted octanol–water partition coefficient (Wildman–Crippen LogP) is 5.98. The molecule has 1 amide bonds. The van der Waals surface area contributed by atoms with E-state index in [2.05, 4.69) is 15.2 Å². The first kappa shape index (κ1) is 28.3. The van der Waals surface area contributed by atoms with Gasteiger partial charge in [0.1, 0.15) is 0 Å². The number of benzene rings is 3. The van der Waals surface area contributed by atoms with Crippen LogP contribution in [0.5, 0.6) is 0 Å². The Balaban J connectivity index is 1.59. The Morgan fingerprint density at radius 2 is 1.63 bits per heavy atom. The normalized spacial score (nSPS) is 12.8. The van der Waals surface area contributed by atoms with Crippen molar-refractivity contribution in [3.63, 3.8) is 0 Å². The maximum atomic E-state index is 12.5. The van der Waals surface area contributed by atoms with Crippen LogP contribution in [0.2, 0.25) is 0 Å². The number of hydrogen-bond acceptors (Lipinski definition) is 5. The molecule has 38 heavy (non-hydrogen) atoms. The number of rotatable bonds is 10. The molecule has 2 N–H and O–H groups in total. The number of nitrogens with zero attached hydrogens (tertiary/aromatic N) is 4. The molecule has 0 aliphatic heterocycles. The lowest BCUT2D eigenvalue weighted by Gasteiger charge is -2.15. The summed E-state index contributed by atoms with van der Waals surface area (Å²) in [5.41, 5.74) is 3.73. The molecule has 0 unspecified atom stereocenters. The summed E-state index contributed by atoms with van der Waals surface area (Å²) in [6, 6.07) is 22.9. The smallest absolute Gasteiger partial charge is 0.321 e. The van der Waals surface area contributed by atoms with Gasteiger partial charge in [0.2, 0.25) is 0 Å². The number of aliphatic imine (C=N–C) groups is 1. The third-order valence-electron chi connectivity index (χ3n) is 5.30. The Morgan fingerprint density at radius 3 is 2.26 bits per heavy atom. The minimum absolute atomic E-state index is 0.0212. The second kappa shape index (κ2) is 13.9. The van der Waals surface area contributed by atoms with E-state index in [9.17, 15) is 19.1 Å². The van der Waals surface area contributed by atoms with Crippen LogP contribution >= 0.6 is 7.60 Å². The highest BCUT2D eigenvalue weighted by Gasteiger charge is 2.15. The molecule has 0 aromatic heterocycles. The van der Waals surface area contributed by atoms with Gasteiger partial charge in [0, 0.05) is 25.0 Å². The molecule has 8 nitrogen and oxygen atoms in total. The molecule has 9 heteroatoms. The van der Waals surface area contributed by atoms with Crippen LogP contribution in [-0.4, -0.2) is 29.0 Å². The Morgan fingerprint density at radius 1 is 0.947 bits per heavy atom. The minimum Gasteiger partial charge on any atom is -0.321 e. The molecule has 3 rings (SSSR count). The molecule has 0 fully saturated rings. The van der Waals surface area contributed by atoms with E-state index >= 15 is 0 Å². The Kier molecular flexibility index (Phi) is 10.4. The van der Waals surface area contributed by atoms with Gasteiger partial charge in [0.25, 0.3) is 5.91 Å². The SMILES string of the molecule is C\C=C/C(=C\C=N\Cc1ccc(P(=O)(O)O)cc1)/N=N/c1ccc(N(C)C(=O)/C=C/c2ccccc2)cc1. The zero-order valence-electron chi connectivity index (χ0n) is 21.1. The second-order valence-electron chi connectivity index (χ2n) is 8.15. The van der Waals surface area contributed by atoms with Gasteiger partial charge in [-0.15, -0.1) is 0 Å². The van der Waals surface area contributed by atoms with Crippen LogP contribution in [0.25, 0.3) is 6.08 Å². The number of hydrogen-bond donors (Lipinski definition) is 2. The predicted molar refractivity (Wildman–Crippen MR) is 153 cm³/mol. The maximum absolute atomic E-state index is 12.5. The molecule has 0 heterocycles. The fourth-order valence-corrected chi connectivity index (χ4v) is 3.74. The van der Waals surface area contributed by atoms with Crippen molar-refractivity contribution in [2.45, 2.75) is 13.5 Å². The van der Waals surface area contributed by atoms with Crippen LogP contribution in [0, 0.1) is 0 Å². The first-order valence-corrected chi connectivity index (χ1v) is 13.4. The highest BCUT2D eigenvalue weighted by molar-refractivity contribution is 7.60. The van der Waals surface area contributed by atoms with Gasteiger partial charge in [-0.25, -0.2) is 0 Å². The van der Waals surface area contributed by atoms with Crippen molar-refractivity contribution in [3.05, 3.63) is 120 Å². The molecule has 0 saturated carbocycles. The summed E-state index contributed by atoms with van der Waals surface area (Å²) >= 11 is 0. The first-order valence-electron chi connectivity index (χ1n) is 11.8. The van der Waals surface area contributed by atoms with E-state index in [-0.39, 0.29) is 11.2 Å². The number of carbonyl (C=O) groups excluding carboxylic acids is 1. The Hall–Kier alpha value is -4.23. The number of azo groups is 1. The van der Waals surface area contributed by atoms with Crippen molar-refractivity contribution in [3.8, 4) is 0 Å². The first-order chi connectivity index (χ1) is 18.3. The summed E-state index contributed by atoms with van der Waals surface area (Å²) in [6.45, 7) is 2.23. The topological polar surface area (TPSA) is 115 Å². The zero-order chi connectivity index (χ0) is 27.4. The van der Waals surface area contributed by atoms with Gasteiger partial charge in [0.15, 0.2) is 0 Å². The molecule has 3 aromatic carbocycles. The van der Waals surface area contributed by atoms with E-state index in [1.165, 1.54) is 18.2 Å². The highest BCUT2D eigenvalue weighted by Crippen LogP contribution is 2.32. The quantitative estimate of drug-likeness (QED) is 0.111.